The summed E-state index contributed by atoms with van der Waals surface area (Å²) < 4.78 is 0. The summed E-state index contributed by atoms with van der Waals surface area (Å²) in [7, 11) is 0. The van der Waals surface area contributed by atoms with Crippen molar-refractivity contribution in [3.05, 3.63) is 41.2 Å². The molecule has 0 bridgehead atoms. The number of aromatic nitrogens is 1. The number of allylic oxidation sites excluding steroid dienone is 1. The lowest BCUT2D eigenvalue weighted by atomic mass is 9.70. The van der Waals surface area contributed by atoms with Crippen LogP contribution in [0.4, 0.5) is 0 Å². The maximum Gasteiger partial charge on any atom is 0.113 e. The predicted octanol–water partition coefficient (Wildman–Crippen LogP) is 2.97. The molecule has 1 aliphatic heterocycles. The smallest absolute Gasteiger partial charge is 0.113 e. The Morgan fingerprint density at radius 2 is 2.26 bits per heavy atom. The number of hydrogen-bond donors (Lipinski definition) is 1. The highest BCUT2D eigenvalue weighted by Gasteiger charge is 2.38. The Morgan fingerprint density at radius 1 is 1.37 bits per heavy atom. The van der Waals surface area contributed by atoms with Crippen LogP contribution in [-0.4, -0.2) is 17.1 Å². The van der Waals surface area contributed by atoms with Gasteiger partial charge in [-0.25, -0.2) is 4.98 Å². The van der Waals surface area contributed by atoms with Crippen LogP contribution in [0.2, 0.25) is 0 Å². The van der Waals surface area contributed by atoms with Gasteiger partial charge in [0.2, 0.25) is 0 Å². The summed E-state index contributed by atoms with van der Waals surface area (Å²) >= 11 is 0. The normalized spacial score (nSPS) is 22.7. The summed E-state index contributed by atoms with van der Waals surface area (Å²) in [5.41, 5.74) is 3.81. The van der Waals surface area contributed by atoms with Crippen molar-refractivity contribution >= 4 is 0 Å². The zero-order valence-corrected chi connectivity index (χ0v) is 11.5. The Bertz CT molecular complexity index is 556. The largest absolute Gasteiger partial charge is 0.311 e. The maximum atomic E-state index is 4.40. The molecule has 0 amide bonds. The van der Waals surface area contributed by atoms with E-state index in [1.165, 1.54) is 31.3 Å². The molecule has 1 aromatic rings. The molecule has 2 fully saturated rings. The summed E-state index contributed by atoms with van der Waals surface area (Å²) in [5, 5.41) is 3.68. The maximum absolute atomic E-state index is 4.40. The van der Waals surface area contributed by atoms with E-state index in [0.717, 1.165) is 24.4 Å². The second-order valence-electron chi connectivity index (χ2n) is 5.72. The van der Waals surface area contributed by atoms with Gasteiger partial charge in [0.05, 0.1) is 0 Å². The molecule has 0 atom stereocenters. The predicted molar refractivity (Wildman–Crippen MR) is 77.8 cm³/mol. The topological polar surface area (TPSA) is 24.9 Å². The Kier molecular flexibility index (Phi) is 3.40. The first-order valence-corrected chi connectivity index (χ1v) is 7.14. The number of rotatable bonds is 0. The fourth-order valence-electron chi connectivity index (χ4n) is 2.98. The second kappa shape index (κ2) is 5.19. The quantitative estimate of drug-likeness (QED) is 0.718. The van der Waals surface area contributed by atoms with Gasteiger partial charge in [0.1, 0.15) is 5.69 Å². The third-order valence-corrected chi connectivity index (χ3v) is 4.19. The van der Waals surface area contributed by atoms with Gasteiger partial charge in [0.25, 0.3) is 0 Å². The molecule has 98 valence electrons. The molecule has 3 rings (SSSR count). The summed E-state index contributed by atoms with van der Waals surface area (Å²) in [5.74, 6) is 6.32. The zero-order chi connectivity index (χ0) is 13.1. The van der Waals surface area contributed by atoms with Crippen LogP contribution in [0.25, 0.3) is 0 Å². The third-order valence-electron chi connectivity index (χ3n) is 4.19. The van der Waals surface area contributed by atoms with E-state index < -0.39 is 0 Å². The van der Waals surface area contributed by atoms with E-state index in [-0.39, 0.29) is 0 Å². The molecule has 1 N–H and O–H groups in total. The van der Waals surface area contributed by atoms with E-state index in [1.54, 1.807) is 0 Å². The lowest BCUT2D eigenvalue weighted by molar-refractivity contribution is 0.167. The number of piperidine rings is 1. The van der Waals surface area contributed by atoms with Crippen LogP contribution >= 0.6 is 0 Å². The Balaban J connectivity index is 1.69. The molecule has 1 saturated heterocycles. The van der Waals surface area contributed by atoms with Crippen molar-refractivity contribution in [2.24, 2.45) is 0 Å². The second-order valence-corrected chi connectivity index (χ2v) is 5.72. The zero-order valence-electron chi connectivity index (χ0n) is 11.5. The first kappa shape index (κ1) is 12.4. The van der Waals surface area contributed by atoms with E-state index in [9.17, 15) is 0 Å². The lowest BCUT2D eigenvalue weighted by Crippen LogP contribution is -2.53. The van der Waals surface area contributed by atoms with Gasteiger partial charge in [-0.05, 0) is 69.7 Å². The summed E-state index contributed by atoms with van der Waals surface area (Å²) in [6.45, 7) is 3.10. The van der Waals surface area contributed by atoms with E-state index in [2.05, 4.69) is 28.2 Å². The number of nitrogens with one attached hydrogen (secondary N) is 1. The van der Waals surface area contributed by atoms with Gasteiger partial charge in [-0.2, -0.15) is 0 Å². The molecule has 1 aliphatic carbocycles. The minimum Gasteiger partial charge on any atom is -0.311 e. The number of aryl methyl sites for hydroxylation is 1. The molecule has 0 unspecified atom stereocenters. The Labute approximate surface area is 115 Å². The van der Waals surface area contributed by atoms with Crippen LogP contribution < -0.4 is 5.32 Å². The van der Waals surface area contributed by atoms with Crippen molar-refractivity contribution in [2.45, 2.75) is 44.6 Å². The molecule has 19 heavy (non-hydrogen) atoms. The average molecular weight is 252 g/mol. The fraction of sp³-hybridized carbons (Fsp3) is 0.471. The molecule has 0 radical (unpaired) electrons. The van der Waals surface area contributed by atoms with Crippen LogP contribution in [-0.2, 0) is 0 Å². The molecular formula is C17H20N2. The monoisotopic (exact) mass is 252 g/mol. The van der Waals surface area contributed by atoms with Crippen LogP contribution in [0.15, 0.2) is 29.8 Å². The highest BCUT2D eigenvalue weighted by Crippen LogP contribution is 2.39. The highest BCUT2D eigenvalue weighted by molar-refractivity contribution is 5.34. The van der Waals surface area contributed by atoms with E-state index in [4.69, 9.17) is 0 Å². The van der Waals surface area contributed by atoms with Crippen LogP contribution in [0, 0.1) is 18.8 Å². The summed E-state index contributed by atoms with van der Waals surface area (Å²) in [6, 6.07) is 5.97. The van der Waals surface area contributed by atoms with E-state index >= 15 is 0 Å². The first-order chi connectivity index (χ1) is 9.26. The molecule has 2 heterocycles. The van der Waals surface area contributed by atoms with Gasteiger partial charge in [0.15, 0.2) is 0 Å². The first-order valence-electron chi connectivity index (χ1n) is 7.14. The fourth-order valence-corrected chi connectivity index (χ4v) is 2.98. The SMILES string of the molecule is Cc1cccc(C#CC=C2CCNC3(CCC3)C2)n1. The van der Waals surface area contributed by atoms with Crippen molar-refractivity contribution in [3.8, 4) is 11.8 Å². The van der Waals surface area contributed by atoms with Gasteiger partial charge in [-0.1, -0.05) is 17.6 Å². The summed E-state index contributed by atoms with van der Waals surface area (Å²) in [4.78, 5) is 4.40. The van der Waals surface area contributed by atoms with Crippen molar-refractivity contribution in [1.82, 2.24) is 10.3 Å². The van der Waals surface area contributed by atoms with Crippen LogP contribution in [0.5, 0.6) is 0 Å². The number of hydrogen-bond acceptors (Lipinski definition) is 2. The lowest BCUT2D eigenvalue weighted by Gasteiger charge is -2.46. The Morgan fingerprint density at radius 3 is 3.00 bits per heavy atom. The van der Waals surface area contributed by atoms with Gasteiger partial charge in [-0.15, -0.1) is 0 Å². The van der Waals surface area contributed by atoms with E-state index in [0.29, 0.717) is 5.54 Å². The highest BCUT2D eigenvalue weighted by atomic mass is 15.0. The van der Waals surface area contributed by atoms with Crippen LogP contribution in [0.3, 0.4) is 0 Å². The third kappa shape index (κ3) is 2.88. The molecule has 2 nitrogen and oxygen atoms in total. The molecule has 2 aliphatic rings. The molecule has 1 spiro atoms. The molecule has 0 aromatic carbocycles. The standard InChI is InChI=1S/C17H20N2/c1-14-5-2-7-16(19-14)8-3-6-15-9-12-18-17(13-15)10-4-11-17/h2,5-7,18H,4,9-13H2,1H3. The van der Waals surface area contributed by atoms with Gasteiger partial charge in [0, 0.05) is 11.2 Å². The van der Waals surface area contributed by atoms with Crippen molar-refractivity contribution in [2.75, 3.05) is 6.54 Å². The van der Waals surface area contributed by atoms with Crippen LogP contribution in [0.1, 0.15) is 43.5 Å². The number of nitrogens with zero attached hydrogens (tertiary/aromatic N) is 1. The van der Waals surface area contributed by atoms with Gasteiger partial charge >= 0.3 is 0 Å². The molecule has 1 saturated carbocycles. The van der Waals surface area contributed by atoms with Crippen molar-refractivity contribution in [3.63, 3.8) is 0 Å². The molecule has 1 aromatic heterocycles. The van der Waals surface area contributed by atoms with Gasteiger partial charge < -0.3 is 5.32 Å². The van der Waals surface area contributed by atoms with Crippen molar-refractivity contribution < 1.29 is 0 Å². The Hall–Kier alpha value is -1.59. The van der Waals surface area contributed by atoms with Crippen molar-refractivity contribution in [1.29, 1.82) is 0 Å². The average Bonchev–Trinajstić information content (AvgIpc) is 2.37. The minimum absolute atomic E-state index is 0.424. The van der Waals surface area contributed by atoms with E-state index in [1.807, 2.05) is 25.1 Å². The summed E-state index contributed by atoms with van der Waals surface area (Å²) in [6.07, 6.45) is 8.47. The minimum atomic E-state index is 0.424. The number of pyridine rings is 1. The van der Waals surface area contributed by atoms with Gasteiger partial charge in [-0.3, -0.25) is 0 Å². The molecule has 2 heteroatoms. The molecular weight excluding hydrogens is 232 g/mol.